The second-order valence-electron chi connectivity index (χ2n) is 5.66. The molecule has 0 radical (unpaired) electrons. The lowest BCUT2D eigenvalue weighted by Gasteiger charge is -2.34. The third kappa shape index (κ3) is 4.95. The zero-order chi connectivity index (χ0) is 15.9. The van der Waals surface area contributed by atoms with Crippen molar-refractivity contribution in [1.29, 1.82) is 0 Å². The number of hydrogen-bond acceptors (Lipinski definition) is 6. The summed E-state index contributed by atoms with van der Waals surface area (Å²) in [5.41, 5.74) is 4.76. The first kappa shape index (κ1) is 17.3. The number of esters is 1. The Morgan fingerprint density at radius 3 is 2.48 bits per heavy atom. The highest BCUT2D eigenvalue weighted by molar-refractivity contribution is 5.84. The minimum atomic E-state index is -0.753. The largest absolute Gasteiger partial charge is 0.477 e. The molecule has 1 fully saturated rings. The Morgan fingerprint density at radius 1 is 1.38 bits per heavy atom. The summed E-state index contributed by atoms with van der Waals surface area (Å²) in [7, 11) is 0. The SMILES string of the molecule is CCOC(=O)C1(CO/C(=C/N)NC(C)C)CCC(=O)CC1. The smallest absolute Gasteiger partial charge is 0.315 e. The van der Waals surface area contributed by atoms with Crippen molar-refractivity contribution in [3.8, 4) is 0 Å². The fraction of sp³-hybridized carbons (Fsp3) is 0.733. The predicted octanol–water partition coefficient (Wildman–Crippen LogP) is 1.45. The van der Waals surface area contributed by atoms with E-state index in [2.05, 4.69) is 5.32 Å². The molecule has 1 aliphatic rings. The first-order valence-electron chi connectivity index (χ1n) is 7.43. The van der Waals surface area contributed by atoms with Crippen molar-refractivity contribution in [3.05, 3.63) is 12.1 Å². The number of nitrogens with one attached hydrogen (secondary N) is 1. The number of nitrogens with two attached hydrogens (primary N) is 1. The molecule has 1 rings (SSSR count). The quantitative estimate of drug-likeness (QED) is 0.546. The van der Waals surface area contributed by atoms with Crippen LogP contribution in [0.4, 0.5) is 0 Å². The lowest BCUT2D eigenvalue weighted by molar-refractivity contribution is -0.162. The Bertz CT molecular complexity index is 394. The summed E-state index contributed by atoms with van der Waals surface area (Å²) < 4.78 is 10.8. The Balaban J connectivity index is 2.74. The van der Waals surface area contributed by atoms with Crippen LogP contribution < -0.4 is 11.1 Å². The van der Waals surface area contributed by atoms with E-state index < -0.39 is 5.41 Å². The van der Waals surface area contributed by atoms with Gasteiger partial charge in [-0.3, -0.25) is 9.59 Å². The van der Waals surface area contributed by atoms with Gasteiger partial charge in [-0.25, -0.2) is 0 Å². The summed E-state index contributed by atoms with van der Waals surface area (Å²) in [4.78, 5) is 23.7. The molecule has 0 amide bonds. The van der Waals surface area contributed by atoms with Crippen LogP contribution in [0, 0.1) is 5.41 Å². The molecule has 21 heavy (non-hydrogen) atoms. The van der Waals surface area contributed by atoms with E-state index in [-0.39, 0.29) is 24.4 Å². The fourth-order valence-electron chi connectivity index (χ4n) is 2.34. The minimum absolute atomic E-state index is 0.169. The van der Waals surface area contributed by atoms with Crippen molar-refractivity contribution >= 4 is 11.8 Å². The zero-order valence-electron chi connectivity index (χ0n) is 13.1. The molecule has 1 aliphatic carbocycles. The predicted molar refractivity (Wildman–Crippen MR) is 79.0 cm³/mol. The van der Waals surface area contributed by atoms with Crippen molar-refractivity contribution in [1.82, 2.24) is 5.32 Å². The van der Waals surface area contributed by atoms with Crippen LogP contribution in [-0.2, 0) is 19.1 Å². The zero-order valence-corrected chi connectivity index (χ0v) is 13.1. The highest BCUT2D eigenvalue weighted by Crippen LogP contribution is 2.37. The van der Waals surface area contributed by atoms with Crippen LogP contribution >= 0.6 is 0 Å². The summed E-state index contributed by atoms with van der Waals surface area (Å²) in [6, 6.07) is 0.172. The van der Waals surface area contributed by atoms with Crippen molar-refractivity contribution in [2.45, 2.75) is 52.5 Å². The number of ether oxygens (including phenoxy) is 2. The van der Waals surface area contributed by atoms with Gasteiger partial charge in [0.15, 0.2) is 0 Å². The normalized spacial score (nSPS) is 18.5. The molecule has 0 aromatic rings. The van der Waals surface area contributed by atoms with Crippen molar-refractivity contribution in [2.24, 2.45) is 11.1 Å². The first-order valence-corrected chi connectivity index (χ1v) is 7.43. The van der Waals surface area contributed by atoms with Gasteiger partial charge < -0.3 is 20.5 Å². The summed E-state index contributed by atoms with van der Waals surface area (Å²) >= 11 is 0. The van der Waals surface area contributed by atoms with E-state index >= 15 is 0 Å². The molecular weight excluding hydrogens is 272 g/mol. The Hall–Kier alpha value is -1.72. The molecule has 6 heteroatoms. The molecule has 120 valence electrons. The van der Waals surface area contributed by atoms with E-state index in [9.17, 15) is 9.59 Å². The van der Waals surface area contributed by atoms with Crippen LogP contribution in [0.25, 0.3) is 0 Å². The number of Topliss-reactive ketones (excluding diaryl/α,β-unsaturated/α-hetero) is 1. The molecule has 0 aromatic carbocycles. The van der Waals surface area contributed by atoms with Gasteiger partial charge in [-0.1, -0.05) is 0 Å². The second kappa shape index (κ2) is 7.90. The minimum Gasteiger partial charge on any atom is -0.477 e. The number of carbonyl (C=O) groups is 2. The molecule has 0 heterocycles. The third-order valence-corrected chi connectivity index (χ3v) is 3.56. The van der Waals surface area contributed by atoms with E-state index in [1.807, 2.05) is 13.8 Å². The van der Waals surface area contributed by atoms with Gasteiger partial charge in [0.2, 0.25) is 5.88 Å². The van der Waals surface area contributed by atoms with Gasteiger partial charge in [-0.15, -0.1) is 0 Å². The molecular formula is C15H26N2O4. The molecule has 0 aromatic heterocycles. The van der Waals surface area contributed by atoms with Gasteiger partial charge in [-0.05, 0) is 33.6 Å². The average Bonchev–Trinajstić information content (AvgIpc) is 2.45. The maximum atomic E-state index is 12.3. The number of hydrogen-bond donors (Lipinski definition) is 2. The number of ketones is 1. The fourth-order valence-corrected chi connectivity index (χ4v) is 2.34. The first-order chi connectivity index (χ1) is 9.93. The highest BCUT2D eigenvalue weighted by atomic mass is 16.5. The van der Waals surface area contributed by atoms with Crippen LogP contribution in [0.5, 0.6) is 0 Å². The van der Waals surface area contributed by atoms with Crippen molar-refractivity contribution < 1.29 is 19.1 Å². The number of rotatable bonds is 7. The Kier molecular flexibility index (Phi) is 6.52. The van der Waals surface area contributed by atoms with Crippen LogP contribution in [0.1, 0.15) is 46.5 Å². The molecule has 3 N–H and O–H groups in total. The van der Waals surface area contributed by atoms with E-state index in [0.717, 1.165) is 0 Å². The van der Waals surface area contributed by atoms with Crippen LogP contribution in [-0.4, -0.2) is 31.0 Å². The monoisotopic (exact) mass is 298 g/mol. The van der Waals surface area contributed by atoms with Gasteiger partial charge >= 0.3 is 5.97 Å². The highest BCUT2D eigenvalue weighted by Gasteiger charge is 2.44. The summed E-state index contributed by atoms with van der Waals surface area (Å²) in [6.45, 7) is 6.19. The maximum absolute atomic E-state index is 12.3. The number of carbonyl (C=O) groups excluding carboxylic acids is 2. The van der Waals surface area contributed by atoms with Gasteiger partial charge in [0.05, 0.1) is 12.8 Å². The van der Waals surface area contributed by atoms with Crippen molar-refractivity contribution in [2.75, 3.05) is 13.2 Å². The van der Waals surface area contributed by atoms with Crippen molar-refractivity contribution in [3.63, 3.8) is 0 Å². The molecule has 0 atom stereocenters. The van der Waals surface area contributed by atoms with E-state index in [4.69, 9.17) is 15.2 Å². The van der Waals surface area contributed by atoms with Crippen LogP contribution in [0.15, 0.2) is 12.1 Å². The Labute approximate surface area is 126 Å². The van der Waals surface area contributed by atoms with E-state index in [1.165, 1.54) is 6.20 Å². The maximum Gasteiger partial charge on any atom is 0.315 e. The average molecular weight is 298 g/mol. The van der Waals surface area contributed by atoms with Gasteiger partial charge in [0.1, 0.15) is 17.8 Å². The lowest BCUT2D eigenvalue weighted by atomic mass is 9.74. The van der Waals surface area contributed by atoms with Gasteiger partial charge in [0.25, 0.3) is 0 Å². The summed E-state index contributed by atoms with van der Waals surface area (Å²) in [5.74, 6) is 0.328. The molecule has 0 bridgehead atoms. The third-order valence-electron chi connectivity index (χ3n) is 3.56. The topological polar surface area (TPSA) is 90.7 Å². The van der Waals surface area contributed by atoms with Gasteiger partial charge in [0, 0.05) is 18.9 Å². The molecule has 1 saturated carbocycles. The molecule has 0 spiro atoms. The summed E-state index contributed by atoms with van der Waals surface area (Å²) in [5, 5.41) is 3.06. The standard InChI is InChI=1S/C15H26N2O4/c1-4-20-14(19)15(7-5-12(18)6-8-15)10-21-13(9-16)17-11(2)3/h9,11,17H,4-8,10,16H2,1-3H3/b13-9+. The molecule has 0 saturated heterocycles. The molecule has 0 aliphatic heterocycles. The second-order valence-corrected chi connectivity index (χ2v) is 5.66. The van der Waals surface area contributed by atoms with E-state index in [0.29, 0.717) is 38.2 Å². The van der Waals surface area contributed by atoms with Crippen LogP contribution in [0.2, 0.25) is 0 Å². The molecule has 6 nitrogen and oxygen atoms in total. The van der Waals surface area contributed by atoms with Gasteiger partial charge in [-0.2, -0.15) is 0 Å². The Morgan fingerprint density at radius 2 is 2.00 bits per heavy atom. The molecule has 0 unspecified atom stereocenters. The van der Waals surface area contributed by atoms with E-state index in [1.54, 1.807) is 6.92 Å². The lowest BCUT2D eigenvalue weighted by Crippen LogP contribution is -2.42. The van der Waals surface area contributed by atoms with Crippen LogP contribution in [0.3, 0.4) is 0 Å². The summed E-state index contributed by atoms with van der Waals surface area (Å²) in [6.07, 6.45) is 3.05.